The average molecular weight is 328 g/mol. The molecule has 1 amide bonds. The van der Waals surface area contributed by atoms with E-state index in [0.29, 0.717) is 6.54 Å². The summed E-state index contributed by atoms with van der Waals surface area (Å²) in [7, 11) is 1.58. The number of rotatable bonds is 5. The van der Waals surface area contributed by atoms with Gasteiger partial charge in [0.05, 0.1) is 12.2 Å². The maximum atomic E-state index is 12.6. The Hall–Kier alpha value is -1.17. The summed E-state index contributed by atoms with van der Waals surface area (Å²) in [6, 6.07) is 6.07. The van der Waals surface area contributed by atoms with Gasteiger partial charge in [0, 0.05) is 19.3 Å². The van der Waals surface area contributed by atoms with E-state index in [4.69, 9.17) is 4.74 Å². The van der Waals surface area contributed by atoms with Crippen molar-refractivity contribution in [1.29, 1.82) is 0 Å². The molecule has 22 heavy (non-hydrogen) atoms. The second kappa shape index (κ2) is 9.77. The maximum absolute atomic E-state index is 12.6. The lowest BCUT2D eigenvalue weighted by Gasteiger charge is -2.32. The van der Waals surface area contributed by atoms with Crippen LogP contribution >= 0.6 is 12.4 Å². The first-order chi connectivity index (χ1) is 10.2. The summed E-state index contributed by atoms with van der Waals surface area (Å²) >= 11 is 0. The highest BCUT2D eigenvalue weighted by atomic mass is 35.5. The van der Waals surface area contributed by atoms with E-state index in [-0.39, 0.29) is 24.4 Å². The molecule has 1 aromatic heterocycles. The topological polar surface area (TPSA) is 54.5 Å². The van der Waals surface area contributed by atoms with Gasteiger partial charge in [-0.1, -0.05) is 6.07 Å². The van der Waals surface area contributed by atoms with Gasteiger partial charge in [0.2, 0.25) is 0 Å². The molecule has 1 fully saturated rings. The Balaban J connectivity index is 0.00000242. The minimum absolute atomic E-state index is 0. The van der Waals surface area contributed by atoms with Gasteiger partial charge in [-0.2, -0.15) is 0 Å². The molecule has 124 valence electrons. The van der Waals surface area contributed by atoms with Crippen molar-refractivity contribution in [3.63, 3.8) is 0 Å². The van der Waals surface area contributed by atoms with Gasteiger partial charge in [-0.3, -0.25) is 9.78 Å². The molecule has 1 saturated heterocycles. The molecular weight excluding hydrogens is 302 g/mol. The molecule has 2 rings (SSSR count). The molecule has 0 spiro atoms. The molecule has 1 aliphatic heterocycles. The second-order valence-corrected chi connectivity index (χ2v) is 5.50. The van der Waals surface area contributed by atoms with Crippen LogP contribution in [0.5, 0.6) is 0 Å². The Morgan fingerprint density at radius 1 is 1.45 bits per heavy atom. The fourth-order valence-corrected chi connectivity index (χ4v) is 2.70. The number of nitrogens with one attached hydrogen (secondary N) is 1. The molecule has 1 aliphatic rings. The number of nitrogens with zero attached hydrogens (tertiary/aromatic N) is 2. The van der Waals surface area contributed by atoms with Crippen molar-refractivity contribution in [3.05, 3.63) is 30.1 Å². The minimum atomic E-state index is -0.412. The van der Waals surface area contributed by atoms with E-state index in [9.17, 15) is 4.79 Å². The monoisotopic (exact) mass is 327 g/mol. The molecule has 0 radical (unpaired) electrons. The molecule has 0 bridgehead atoms. The van der Waals surface area contributed by atoms with Crippen LogP contribution in [0.25, 0.3) is 0 Å². The van der Waals surface area contributed by atoms with Crippen molar-refractivity contribution >= 4 is 18.3 Å². The predicted molar refractivity (Wildman–Crippen MR) is 89.0 cm³/mol. The normalized spacial score (nSPS) is 19.6. The van der Waals surface area contributed by atoms with E-state index in [1.807, 2.05) is 30.0 Å². The minimum Gasteiger partial charge on any atom is -0.372 e. The number of hydrogen-bond acceptors (Lipinski definition) is 4. The zero-order valence-corrected chi connectivity index (χ0v) is 14.1. The summed E-state index contributed by atoms with van der Waals surface area (Å²) in [5, 5.41) is 3.39. The van der Waals surface area contributed by atoms with E-state index in [1.54, 1.807) is 13.3 Å². The van der Waals surface area contributed by atoms with Crippen LogP contribution in [0.15, 0.2) is 24.4 Å². The first-order valence-electron chi connectivity index (χ1n) is 7.66. The first-order valence-corrected chi connectivity index (χ1v) is 7.66. The first kappa shape index (κ1) is 18.9. The van der Waals surface area contributed by atoms with Crippen LogP contribution in [0.4, 0.5) is 0 Å². The lowest BCUT2D eigenvalue weighted by Crippen LogP contribution is -2.45. The zero-order valence-electron chi connectivity index (χ0n) is 13.3. The van der Waals surface area contributed by atoms with Crippen molar-refractivity contribution in [2.45, 2.75) is 44.9 Å². The summed E-state index contributed by atoms with van der Waals surface area (Å²) in [6.45, 7) is 4.35. The van der Waals surface area contributed by atoms with Crippen molar-refractivity contribution < 1.29 is 9.53 Å². The van der Waals surface area contributed by atoms with E-state index < -0.39 is 6.10 Å². The van der Waals surface area contributed by atoms with Gasteiger partial charge in [0.15, 0.2) is 0 Å². The fourth-order valence-electron chi connectivity index (χ4n) is 2.70. The Morgan fingerprint density at radius 3 is 2.95 bits per heavy atom. The Labute approximate surface area is 138 Å². The molecular formula is C16H26ClN3O2. The Bertz CT molecular complexity index is 436. The van der Waals surface area contributed by atoms with Gasteiger partial charge in [-0.25, -0.2) is 0 Å². The third kappa shape index (κ3) is 5.23. The van der Waals surface area contributed by atoms with Gasteiger partial charge >= 0.3 is 0 Å². The zero-order chi connectivity index (χ0) is 15.1. The number of amides is 1. The van der Waals surface area contributed by atoms with Crippen LogP contribution < -0.4 is 5.32 Å². The van der Waals surface area contributed by atoms with Crippen LogP contribution in [0.2, 0.25) is 0 Å². The third-order valence-electron chi connectivity index (χ3n) is 4.03. The summed E-state index contributed by atoms with van der Waals surface area (Å²) in [6.07, 6.45) is 4.46. The molecule has 1 aromatic rings. The van der Waals surface area contributed by atoms with E-state index in [2.05, 4.69) is 10.3 Å². The lowest BCUT2D eigenvalue weighted by atomic mass is 10.1. The Morgan fingerprint density at radius 2 is 2.27 bits per heavy atom. The predicted octanol–water partition coefficient (Wildman–Crippen LogP) is 2.01. The number of pyridine rings is 1. The molecule has 5 nitrogen and oxygen atoms in total. The van der Waals surface area contributed by atoms with Gasteiger partial charge in [0.25, 0.3) is 5.91 Å². The Kier molecular flexibility index (Phi) is 8.38. The summed E-state index contributed by atoms with van der Waals surface area (Å²) < 4.78 is 5.23. The van der Waals surface area contributed by atoms with E-state index in [0.717, 1.165) is 38.0 Å². The highest BCUT2D eigenvalue weighted by Gasteiger charge is 2.28. The summed E-state index contributed by atoms with van der Waals surface area (Å²) in [5.41, 5.74) is 0.923. The highest BCUT2D eigenvalue weighted by molar-refractivity contribution is 5.85. The summed E-state index contributed by atoms with van der Waals surface area (Å²) in [5.74, 6) is 0.0510. The fraction of sp³-hybridized carbons (Fsp3) is 0.625. The molecule has 1 N–H and O–H groups in total. The van der Waals surface area contributed by atoms with Crippen LogP contribution in [0.1, 0.15) is 31.9 Å². The molecule has 0 saturated carbocycles. The quantitative estimate of drug-likeness (QED) is 0.899. The number of halogens is 1. The third-order valence-corrected chi connectivity index (χ3v) is 4.03. The highest BCUT2D eigenvalue weighted by Crippen LogP contribution is 2.18. The number of ether oxygens (including phenoxy) is 1. The molecule has 0 aliphatic carbocycles. The number of aromatic nitrogens is 1. The van der Waals surface area contributed by atoms with E-state index in [1.165, 1.54) is 0 Å². The standard InChI is InChI=1S/C16H25N3O2.ClH/c1-13(21-2)16(20)19(12-14-6-3-4-10-18-14)15-7-5-9-17-11-8-15;/h3-4,6,10,13,15,17H,5,7-9,11-12H2,1-2H3;1H. The van der Waals surface area contributed by atoms with Crippen LogP contribution in [-0.2, 0) is 16.1 Å². The largest absolute Gasteiger partial charge is 0.372 e. The van der Waals surface area contributed by atoms with Crippen molar-refractivity contribution in [2.75, 3.05) is 20.2 Å². The van der Waals surface area contributed by atoms with Crippen molar-refractivity contribution in [1.82, 2.24) is 15.2 Å². The van der Waals surface area contributed by atoms with Crippen molar-refractivity contribution in [2.24, 2.45) is 0 Å². The number of hydrogen-bond donors (Lipinski definition) is 1. The van der Waals surface area contributed by atoms with Crippen LogP contribution in [0, 0.1) is 0 Å². The van der Waals surface area contributed by atoms with Crippen LogP contribution in [0.3, 0.4) is 0 Å². The molecule has 0 aromatic carbocycles. The van der Waals surface area contributed by atoms with Gasteiger partial charge in [0.1, 0.15) is 6.10 Å². The maximum Gasteiger partial charge on any atom is 0.251 e. The van der Waals surface area contributed by atoms with Crippen LogP contribution in [-0.4, -0.2) is 48.1 Å². The average Bonchev–Trinajstić information content (AvgIpc) is 2.81. The molecule has 6 heteroatoms. The van der Waals surface area contributed by atoms with Gasteiger partial charge in [-0.15, -0.1) is 12.4 Å². The molecule has 2 heterocycles. The number of methoxy groups -OCH3 is 1. The van der Waals surface area contributed by atoms with Gasteiger partial charge in [-0.05, 0) is 51.4 Å². The van der Waals surface area contributed by atoms with Crippen molar-refractivity contribution in [3.8, 4) is 0 Å². The molecule has 2 unspecified atom stereocenters. The summed E-state index contributed by atoms with van der Waals surface area (Å²) in [4.78, 5) is 18.9. The lowest BCUT2D eigenvalue weighted by molar-refractivity contribution is -0.144. The smallest absolute Gasteiger partial charge is 0.251 e. The number of carbonyl (C=O) groups excluding carboxylic acids is 1. The second-order valence-electron chi connectivity index (χ2n) is 5.50. The van der Waals surface area contributed by atoms with Gasteiger partial charge < -0.3 is 15.0 Å². The SMILES string of the molecule is COC(C)C(=O)N(Cc1ccccn1)C1CCCNCC1.Cl. The molecule has 2 atom stereocenters. The van der Waals surface area contributed by atoms with E-state index >= 15 is 0 Å². The number of carbonyl (C=O) groups is 1.